The fourth-order valence-electron chi connectivity index (χ4n) is 1.48. The zero-order valence-corrected chi connectivity index (χ0v) is 9.76. The van der Waals surface area contributed by atoms with Crippen molar-refractivity contribution >= 4 is 0 Å². The first-order valence-corrected chi connectivity index (χ1v) is 5.30. The molecule has 0 heterocycles. The molecule has 0 unspecified atom stereocenters. The van der Waals surface area contributed by atoms with E-state index in [1.807, 2.05) is 0 Å². The minimum Gasteiger partial charge on any atom is -0.388 e. The summed E-state index contributed by atoms with van der Waals surface area (Å²) in [7, 11) is 0. The average Bonchev–Trinajstić information content (AvgIpc) is 2.26. The summed E-state index contributed by atoms with van der Waals surface area (Å²) in [6.07, 6.45) is -12.7. The minimum atomic E-state index is -5.01. The summed E-state index contributed by atoms with van der Waals surface area (Å²) in [5.41, 5.74) is 2.62. The molecule has 0 aliphatic heterocycles. The van der Waals surface area contributed by atoms with Crippen LogP contribution in [-0.4, -0.2) is 17.3 Å². The molecule has 0 aromatic heterocycles. The van der Waals surface area contributed by atoms with Crippen molar-refractivity contribution in [2.24, 2.45) is 5.73 Å². The Morgan fingerprint density at radius 2 is 1.65 bits per heavy atom. The molecule has 114 valence electrons. The van der Waals surface area contributed by atoms with Gasteiger partial charge in [0.15, 0.2) is 0 Å². The van der Waals surface area contributed by atoms with Crippen molar-refractivity contribution in [1.29, 1.82) is 0 Å². The Labute approximate surface area is 109 Å². The highest BCUT2D eigenvalue weighted by atomic mass is 19.4. The molecule has 2 atom stereocenters. The molecule has 1 aromatic rings. The number of aliphatic hydroxyl groups excluding tert-OH is 1. The molecule has 0 saturated heterocycles. The minimum absolute atomic E-state index is 0.267. The number of alkyl halides is 6. The van der Waals surface area contributed by atoms with Crippen LogP contribution in [0.15, 0.2) is 18.2 Å². The van der Waals surface area contributed by atoms with Crippen LogP contribution in [0.2, 0.25) is 0 Å². The maximum Gasteiger partial charge on any atom is 0.419 e. The van der Waals surface area contributed by atoms with Crippen LogP contribution in [-0.2, 0) is 6.18 Å². The molecule has 1 aromatic carbocycles. The number of aliphatic hydroxyl groups is 1. The van der Waals surface area contributed by atoms with Gasteiger partial charge in [0, 0.05) is 6.42 Å². The number of rotatable bonds is 3. The zero-order chi connectivity index (χ0) is 15.7. The van der Waals surface area contributed by atoms with Gasteiger partial charge in [0.25, 0.3) is 0 Å². The molecule has 0 amide bonds. The number of halogens is 7. The normalized spacial score (nSPS) is 16.1. The lowest BCUT2D eigenvalue weighted by Crippen LogP contribution is -2.38. The van der Waals surface area contributed by atoms with Gasteiger partial charge in [-0.2, -0.15) is 26.3 Å². The zero-order valence-electron chi connectivity index (χ0n) is 9.76. The van der Waals surface area contributed by atoms with Gasteiger partial charge >= 0.3 is 12.4 Å². The van der Waals surface area contributed by atoms with Crippen molar-refractivity contribution in [3.63, 3.8) is 0 Å². The van der Waals surface area contributed by atoms with Crippen molar-refractivity contribution in [2.45, 2.75) is 30.9 Å². The van der Waals surface area contributed by atoms with Crippen LogP contribution in [0.5, 0.6) is 0 Å². The van der Waals surface area contributed by atoms with Gasteiger partial charge in [-0.05, 0) is 17.7 Å². The van der Waals surface area contributed by atoms with Gasteiger partial charge in [0.1, 0.15) is 11.9 Å². The van der Waals surface area contributed by atoms with E-state index in [9.17, 15) is 35.8 Å². The van der Waals surface area contributed by atoms with Gasteiger partial charge in [0.2, 0.25) is 0 Å². The van der Waals surface area contributed by atoms with E-state index in [0.717, 1.165) is 6.07 Å². The predicted octanol–water partition coefficient (Wildman–Crippen LogP) is 3.16. The number of nitrogens with two attached hydrogens (primary N) is 1. The van der Waals surface area contributed by atoms with Crippen LogP contribution >= 0.6 is 0 Å². The number of hydrogen-bond donors (Lipinski definition) is 2. The number of benzene rings is 1. The first-order valence-electron chi connectivity index (χ1n) is 5.30. The van der Waals surface area contributed by atoms with Gasteiger partial charge in [-0.3, -0.25) is 0 Å². The second-order valence-corrected chi connectivity index (χ2v) is 4.14. The monoisotopic (exact) mass is 305 g/mol. The summed E-state index contributed by atoms with van der Waals surface area (Å²) < 4.78 is 86.8. The number of hydrogen-bond acceptors (Lipinski definition) is 2. The maximum atomic E-state index is 13.0. The molecule has 0 aliphatic carbocycles. The van der Waals surface area contributed by atoms with Crippen molar-refractivity contribution in [1.82, 2.24) is 0 Å². The topological polar surface area (TPSA) is 46.2 Å². The first-order chi connectivity index (χ1) is 8.93. The molecule has 0 spiro atoms. The fourth-order valence-corrected chi connectivity index (χ4v) is 1.48. The first kappa shape index (κ1) is 16.7. The van der Waals surface area contributed by atoms with Crippen LogP contribution in [0.3, 0.4) is 0 Å². The smallest absolute Gasteiger partial charge is 0.388 e. The van der Waals surface area contributed by atoms with Crippen LogP contribution in [0.25, 0.3) is 0 Å². The van der Waals surface area contributed by atoms with Crippen molar-refractivity contribution in [2.75, 3.05) is 0 Å². The molecule has 0 aliphatic rings. The van der Waals surface area contributed by atoms with Crippen LogP contribution in [0.4, 0.5) is 30.7 Å². The highest BCUT2D eigenvalue weighted by molar-refractivity contribution is 5.28. The van der Waals surface area contributed by atoms with E-state index >= 15 is 0 Å². The molecule has 0 saturated carbocycles. The molecule has 2 nitrogen and oxygen atoms in total. The van der Waals surface area contributed by atoms with E-state index in [4.69, 9.17) is 5.73 Å². The van der Waals surface area contributed by atoms with Gasteiger partial charge in [-0.1, -0.05) is 6.07 Å². The highest BCUT2D eigenvalue weighted by Crippen LogP contribution is 2.34. The van der Waals surface area contributed by atoms with E-state index < -0.39 is 47.9 Å². The molecule has 0 bridgehead atoms. The average molecular weight is 305 g/mol. The lowest BCUT2D eigenvalue weighted by molar-refractivity contribution is -0.154. The Morgan fingerprint density at radius 3 is 2.10 bits per heavy atom. The molecule has 9 heteroatoms. The Morgan fingerprint density at radius 1 is 1.10 bits per heavy atom. The second kappa shape index (κ2) is 5.57. The van der Waals surface area contributed by atoms with Gasteiger partial charge < -0.3 is 10.8 Å². The third kappa shape index (κ3) is 4.07. The summed E-state index contributed by atoms with van der Waals surface area (Å²) >= 11 is 0. The second-order valence-electron chi connectivity index (χ2n) is 4.14. The standard InChI is InChI=1S/C11H10F7NO/c12-7-2-1-5(3-6(7)10(13,14)15)8(20)4-9(19)11(16,17)18/h1-3,8-9,20H,4,19H2/t8-,9+/m1/s1. The molecular formula is C11H10F7NO. The summed E-state index contributed by atoms with van der Waals surface area (Å²) in [5, 5.41) is 9.47. The Kier molecular flexibility index (Phi) is 4.65. The Balaban J connectivity index is 2.98. The molecule has 1 rings (SSSR count). The van der Waals surface area contributed by atoms with Crippen molar-refractivity contribution in [3.05, 3.63) is 35.1 Å². The molecule has 0 fully saturated rings. The molecular weight excluding hydrogens is 295 g/mol. The fraction of sp³-hybridized carbons (Fsp3) is 0.455. The highest BCUT2D eigenvalue weighted by Gasteiger charge is 2.39. The largest absolute Gasteiger partial charge is 0.419 e. The Hall–Kier alpha value is -1.35. The Bertz CT molecular complexity index is 469. The van der Waals surface area contributed by atoms with Crippen LogP contribution < -0.4 is 5.73 Å². The van der Waals surface area contributed by atoms with Crippen molar-refractivity contribution < 1.29 is 35.8 Å². The van der Waals surface area contributed by atoms with E-state index in [-0.39, 0.29) is 6.07 Å². The molecule has 0 radical (unpaired) electrons. The van der Waals surface area contributed by atoms with E-state index in [1.165, 1.54) is 0 Å². The van der Waals surface area contributed by atoms with Crippen LogP contribution in [0, 0.1) is 5.82 Å². The van der Waals surface area contributed by atoms with Crippen molar-refractivity contribution in [3.8, 4) is 0 Å². The quantitative estimate of drug-likeness (QED) is 0.843. The SMILES string of the molecule is N[C@@H](C[C@@H](O)c1ccc(F)c(C(F)(F)F)c1)C(F)(F)F. The molecule has 3 N–H and O–H groups in total. The molecule has 20 heavy (non-hydrogen) atoms. The lowest BCUT2D eigenvalue weighted by atomic mass is 10.00. The van der Waals surface area contributed by atoms with E-state index in [0.29, 0.717) is 6.07 Å². The predicted molar refractivity (Wildman–Crippen MR) is 55.0 cm³/mol. The summed E-state index contributed by atoms with van der Waals surface area (Å²) in [4.78, 5) is 0. The third-order valence-electron chi connectivity index (χ3n) is 2.58. The third-order valence-corrected chi connectivity index (χ3v) is 2.58. The van der Waals surface area contributed by atoms with Gasteiger partial charge in [-0.15, -0.1) is 0 Å². The van der Waals surface area contributed by atoms with E-state index in [2.05, 4.69) is 0 Å². The lowest BCUT2D eigenvalue weighted by Gasteiger charge is -2.20. The van der Waals surface area contributed by atoms with Crippen LogP contribution in [0.1, 0.15) is 23.7 Å². The maximum absolute atomic E-state index is 13.0. The summed E-state index contributed by atoms with van der Waals surface area (Å²) in [6, 6.07) is -0.918. The van der Waals surface area contributed by atoms with E-state index in [1.54, 1.807) is 0 Å². The van der Waals surface area contributed by atoms with Gasteiger partial charge in [-0.25, -0.2) is 4.39 Å². The van der Waals surface area contributed by atoms with Gasteiger partial charge in [0.05, 0.1) is 11.7 Å². The summed E-state index contributed by atoms with van der Waals surface area (Å²) in [6.45, 7) is 0. The summed E-state index contributed by atoms with van der Waals surface area (Å²) in [5.74, 6) is -1.58.